The van der Waals surface area contributed by atoms with Crippen LogP contribution < -0.4 is 9.47 Å². The molecule has 0 atom stereocenters. The molecule has 1 aliphatic rings. The number of hydrogen-bond donors (Lipinski definition) is 1. The van der Waals surface area contributed by atoms with E-state index in [9.17, 15) is 4.79 Å². The van der Waals surface area contributed by atoms with Crippen molar-refractivity contribution in [2.45, 2.75) is 65.4 Å². The summed E-state index contributed by atoms with van der Waals surface area (Å²) in [6, 6.07) is 1.01. The first-order valence-electron chi connectivity index (χ1n) is 10.6. The average molecular weight is 437 g/mol. The van der Waals surface area contributed by atoms with Crippen LogP contribution in [0.25, 0.3) is 0 Å². The van der Waals surface area contributed by atoms with E-state index >= 15 is 0 Å². The Kier molecular flexibility index (Phi) is 8.94. The molecular weight excluding hydrogens is 400 g/mol. The predicted octanol–water partition coefficient (Wildman–Crippen LogP) is 4.63. The minimum absolute atomic E-state index is 0.247. The third kappa shape index (κ3) is 6.33. The highest BCUT2D eigenvalue weighted by atomic mass is 28.3. The molecule has 1 aromatic carbocycles. The van der Waals surface area contributed by atoms with Crippen LogP contribution in [-0.2, 0) is 22.5 Å². The number of aliphatic hydroxyl groups is 1. The van der Waals surface area contributed by atoms with Crippen LogP contribution in [0.3, 0.4) is 0 Å². The van der Waals surface area contributed by atoms with Gasteiger partial charge in [0.15, 0.2) is 0 Å². The quantitative estimate of drug-likeness (QED) is 0.169. The van der Waals surface area contributed by atoms with Gasteiger partial charge in [0.05, 0.1) is 13.7 Å². The van der Waals surface area contributed by atoms with Crippen molar-refractivity contribution in [1.82, 2.24) is 0 Å². The normalized spacial score (nSPS) is 14.0. The van der Waals surface area contributed by atoms with Crippen LogP contribution in [-0.4, -0.2) is 46.3 Å². The zero-order valence-electron chi connectivity index (χ0n) is 19.2. The smallest absolute Gasteiger partial charge is 0.342 e. The summed E-state index contributed by atoms with van der Waals surface area (Å²) in [5, 5.41) is 8.72. The summed E-state index contributed by atoms with van der Waals surface area (Å²) in [6.07, 6.45) is 4.48. The van der Waals surface area contributed by atoms with E-state index in [4.69, 9.17) is 24.1 Å². The second kappa shape index (κ2) is 11.0. The van der Waals surface area contributed by atoms with E-state index in [0.29, 0.717) is 30.9 Å². The highest BCUT2D eigenvalue weighted by molar-refractivity contribution is 6.76. The van der Waals surface area contributed by atoms with E-state index in [1.807, 2.05) is 6.92 Å². The van der Waals surface area contributed by atoms with E-state index < -0.39 is 8.07 Å². The number of benzene rings is 1. The van der Waals surface area contributed by atoms with E-state index in [1.54, 1.807) is 7.11 Å². The van der Waals surface area contributed by atoms with Crippen molar-refractivity contribution in [3.05, 3.63) is 33.9 Å². The topological polar surface area (TPSA) is 74.2 Å². The third-order valence-electron chi connectivity index (χ3n) is 5.33. The van der Waals surface area contributed by atoms with E-state index in [-0.39, 0.29) is 19.4 Å². The molecule has 0 aliphatic carbocycles. The van der Waals surface area contributed by atoms with Crippen LogP contribution in [0.5, 0.6) is 11.5 Å². The zero-order valence-corrected chi connectivity index (χ0v) is 20.2. The molecule has 1 aromatic rings. The van der Waals surface area contributed by atoms with Crippen molar-refractivity contribution < 1.29 is 28.8 Å². The minimum Gasteiger partial charge on any atom is -0.496 e. The number of ether oxygens (including phenoxy) is 4. The summed E-state index contributed by atoms with van der Waals surface area (Å²) in [5.74, 6) is 1.06. The number of fused-ring (bicyclic) bond motifs is 1. The van der Waals surface area contributed by atoms with Gasteiger partial charge in [-0.1, -0.05) is 31.3 Å². The predicted molar refractivity (Wildman–Crippen MR) is 120 cm³/mol. The fraction of sp³-hybridized carbons (Fsp3) is 0.609. The molecule has 0 bridgehead atoms. The van der Waals surface area contributed by atoms with Gasteiger partial charge in [-0.2, -0.15) is 0 Å². The van der Waals surface area contributed by atoms with Gasteiger partial charge in [0.25, 0.3) is 0 Å². The molecule has 0 saturated carbocycles. The maximum Gasteiger partial charge on any atom is 0.342 e. The maximum absolute atomic E-state index is 12.5. The van der Waals surface area contributed by atoms with Crippen LogP contribution in [0, 0.1) is 6.92 Å². The lowest BCUT2D eigenvalue weighted by molar-refractivity contribution is -0.00209. The van der Waals surface area contributed by atoms with Crippen LogP contribution in [0.1, 0.15) is 46.8 Å². The summed E-state index contributed by atoms with van der Waals surface area (Å²) in [5.41, 5.74) is 4.47. The Labute approximate surface area is 181 Å². The molecule has 0 aromatic heterocycles. The molecule has 1 N–H and O–H groups in total. The third-order valence-corrected chi connectivity index (χ3v) is 7.03. The molecule has 1 heterocycles. The van der Waals surface area contributed by atoms with Gasteiger partial charge in [-0.15, -0.1) is 0 Å². The summed E-state index contributed by atoms with van der Waals surface area (Å²) in [6.45, 7) is 12.1. The SMILES string of the molecule is COc1c(C)c2c(c(OCC[Si](C)(C)C)c1C/C=C(\C)CCCOCO)C(=O)OC2. The molecule has 2 rings (SSSR count). The van der Waals surface area contributed by atoms with E-state index in [1.165, 1.54) is 5.57 Å². The van der Waals surface area contributed by atoms with Crippen molar-refractivity contribution in [1.29, 1.82) is 0 Å². The fourth-order valence-electron chi connectivity index (χ4n) is 3.52. The first-order chi connectivity index (χ1) is 14.2. The summed E-state index contributed by atoms with van der Waals surface area (Å²) in [4.78, 5) is 12.5. The standard InChI is InChI=1S/C23H36O6Si/c1-16(8-7-11-27-15-24)9-10-18-21(26-3)17(2)19-14-29-23(25)20(19)22(18)28-12-13-30(4,5)6/h9,24H,7-8,10-15H2,1-6H3/b16-9+. The Morgan fingerprint density at radius 3 is 2.60 bits per heavy atom. The molecule has 7 heteroatoms. The molecule has 0 unspecified atom stereocenters. The Morgan fingerprint density at radius 1 is 1.23 bits per heavy atom. The number of hydrogen-bond acceptors (Lipinski definition) is 6. The highest BCUT2D eigenvalue weighted by Gasteiger charge is 2.33. The molecule has 6 nitrogen and oxygen atoms in total. The molecule has 30 heavy (non-hydrogen) atoms. The van der Waals surface area contributed by atoms with Gasteiger partial charge in [-0.3, -0.25) is 0 Å². The first kappa shape index (κ1) is 24.4. The lowest BCUT2D eigenvalue weighted by atomic mass is 9.94. The number of carbonyl (C=O) groups is 1. The second-order valence-corrected chi connectivity index (χ2v) is 14.6. The minimum atomic E-state index is -1.28. The summed E-state index contributed by atoms with van der Waals surface area (Å²) >= 11 is 0. The fourth-order valence-corrected chi connectivity index (χ4v) is 4.24. The average Bonchev–Trinajstić information content (AvgIpc) is 3.06. The summed E-state index contributed by atoms with van der Waals surface area (Å²) in [7, 11) is 0.381. The monoisotopic (exact) mass is 436 g/mol. The lowest BCUT2D eigenvalue weighted by Crippen LogP contribution is -2.23. The molecule has 0 spiro atoms. The Morgan fingerprint density at radius 2 is 1.97 bits per heavy atom. The van der Waals surface area contributed by atoms with Gasteiger partial charge < -0.3 is 24.1 Å². The van der Waals surface area contributed by atoms with Crippen molar-refractivity contribution in [2.24, 2.45) is 0 Å². The lowest BCUT2D eigenvalue weighted by Gasteiger charge is -2.21. The van der Waals surface area contributed by atoms with Gasteiger partial charge in [0, 0.05) is 25.8 Å². The van der Waals surface area contributed by atoms with E-state index in [2.05, 4.69) is 32.6 Å². The highest BCUT2D eigenvalue weighted by Crippen LogP contribution is 2.43. The molecule has 0 fully saturated rings. The Hall–Kier alpha value is -1.83. The second-order valence-electron chi connectivity index (χ2n) is 8.95. The first-order valence-corrected chi connectivity index (χ1v) is 14.3. The number of carbonyl (C=O) groups excluding carboxylic acids is 1. The maximum atomic E-state index is 12.5. The molecule has 0 radical (unpaired) electrons. The largest absolute Gasteiger partial charge is 0.496 e. The molecule has 1 aliphatic heterocycles. The number of aliphatic hydroxyl groups excluding tert-OH is 1. The van der Waals surface area contributed by atoms with Crippen molar-refractivity contribution in [3.8, 4) is 11.5 Å². The van der Waals surface area contributed by atoms with Gasteiger partial charge >= 0.3 is 5.97 Å². The van der Waals surface area contributed by atoms with Gasteiger partial charge in [-0.25, -0.2) is 4.79 Å². The molecule has 168 valence electrons. The number of methoxy groups -OCH3 is 1. The number of allylic oxidation sites excluding steroid dienone is 2. The van der Waals surface area contributed by atoms with Gasteiger partial charge in [-0.05, 0) is 44.7 Å². The number of cyclic esters (lactones) is 1. The summed E-state index contributed by atoms with van der Waals surface area (Å²) < 4.78 is 22.3. The van der Waals surface area contributed by atoms with Gasteiger partial charge in [0.2, 0.25) is 0 Å². The molecular formula is C23H36O6Si. The Bertz CT molecular complexity index is 779. The van der Waals surface area contributed by atoms with E-state index in [0.717, 1.165) is 41.3 Å². The number of rotatable bonds is 12. The Balaban J connectivity index is 2.35. The van der Waals surface area contributed by atoms with Crippen molar-refractivity contribution >= 4 is 14.0 Å². The molecule has 0 amide bonds. The van der Waals surface area contributed by atoms with Gasteiger partial charge in [0.1, 0.15) is 30.5 Å². The van der Waals surface area contributed by atoms with Crippen LogP contribution >= 0.6 is 0 Å². The van der Waals surface area contributed by atoms with Crippen molar-refractivity contribution in [3.63, 3.8) is 0 Å². The zero-order chi connectivity index (χ0) is 22.3. The van der Waals surface area contributed by atoms with Crippen molar-refractivity contribution in [2.75, 3.05) is 27.1 Å². The molecule has 0 saturated heterocycles. The number of esters is 1. The van der Waals surface area contributed by atoms with Crippen LogP contribution in [0.15, 0.2) is 11.6 Å². The van der Waals surface area contributed by atoms with Crippen LogP contribution in [0.2, 0.25) is 25.7 Å². The van der Waals surface area contributed by atoms with Crippen LogP contribution in [0.4, 0.5) is 0 Å².